The Kier molecular flexibility index (Phi) is 5.28. The van der Waals surface area contributed by atoms with Gasteiger partial charge in [0.2, 0.25) is 11.8 Å². The van der Waals surface area contributed by atoms with Gasteiger partial charge in [-0.2, -0.15) is 0 Å². The molecule has 4 nitrogen and oxygen atoms in total. The Balaban J connectivity index is 1.75. The third kappa shape index (κ3) is 3.73. The van der Waals surface area contributed by atoms with Gasteiger partial charge < -0.3 is 10.2 Å². The van der Waals surface area contributed by atoms with Crippen LogP contribution >= 0.6 is 11.6 Å². The van der Waals surface area contributed by atoms with Crippen LogP contribution in [0.2, 0.25) is 5.02 Å². The number of benzene rings is 2. The maximum atomic E-state index is 13.2. The van der Waals surface area contributed by atoms with Crippen molar-refractivity contribution in [3.63, 3.8) is 0 Å². The van der Waals surface area contributed by atoms with Gasteiger partial charge in [0, 0.05) is 24.3 Å². The van der Waals surface area contributed by atoms with Crippen LogP contribution in [0.5, 0.6) is 0 Å². The van der Waals surface area contributed by atoms with Gasteiger partial charge in [-0.15, -0.1) is 0 Å². The van der Waals surface area contributed by atoms with Crippen LogP contribution in [0.4, 0.5) is 15.8 Å². The largest absolute Gasteiger partial charge is 0.326 e. The molecule has 0 radical (unpaired) electrons. The number of hydrogen-bond donors (Lipinski definition) is 1. The Hall–Kier alpha value is -2.40. The first-order valence-electron chi connectivity index (χ1n) is 8.52. The van der Waals surface area contributed by atoms with Crippen LogP contribution in [0.15, 0.2) is 42.5 Å². The van der Waals surface area contributed by atoms with Crippen LogP contribution in [0.25, 0.3) is 0 Å². The minimum Gasteiger partial charge on any atom is -0.326 e. The minimum atomic E-state index is -0.544. The lowest BCUT2D eigenvalue weighted by atomic mass is 10.0. The Morgan fingerprint density at radius 1 is 1.27 bits per heavy atom. The van der Waals surface area contributed by atoms with Gasteiger partial charge in [-0.05, 0) is 35.7 Å². The molecule has 0 bridgehead atoms. The van der Waals surface area contributed by atoms with Gasteiger partial charge in [0.25, 0.3) is 0 Å². The van der Waals surface area contributed by atoms with E-state index in [1.807, 2.05) is 24.3 Å². The number of anilines is 2. The highest BCUT2D eigenvalue weighted by atomic mass is 35.5. The quantitative estimate of drug-likeness (QED) is 0.850. The topological polar surface area (TPSA) is 49.4 Å². The van der Waals surface area contributed by atoms with Gasteiger partial charge in [-0.3, -0.25) is 9.59 Å². The lowest BCUT2D eigenvalue weighted by molar-refractivity contribution is -0.122. The van der Waals surface area contributed by atoms with Crippen LogP contribution in [-0.4, -0.2) is 18.4 Å². The van der Waals surface area contributed by atoms with Crippen LogP contribution in [0.3, 0.4) is 0 Å². The van der Waals surface area contributed by atoms with Crippen molar-refractivity contribution in [2.45, 2.75) is 26.2 Å². The molecule has 1 unspecified atom stereocenters. The van der Waals surface area contributed by atoms with Crippen molar-refractivity contribution in [1.29, 1.82) is 0 Å². The van der Waals surface area contributed by atoms with Gasteiger partial charge in [0.15, 0.2) is 0 Å². The molecule has 1 atom stereocenters. The normalized spacial score (nSPS) is 17.0. The number of nitrogens with one attached hydrogen (secondary N) is 1. The summed E-state index contributed by atoms with van der Waals surface area (Å²) in [6, 6.07) is 11.8. The molecule has 1 aliphatic rings. The van der Waals surface area contributed by atoms with E-state index in [4.69, 9.17) is 11.6 Å². The second-order valence-corrected chi connectivity index (χ2v) is 7.14. The summed E-state index contributed by atoms with van der Waals surface area (Å²) in [7, 11) is 0. The zero-order valence-electron chi connectivity index (χ0n) is 14.6. The number of nitrogens with zero attached hydrogens (tertiary/aromatic N) is 1. The maximum Gasteiger partial charge on any atom is 0.229 e. The Morgan fingerprint density at radius 2 is 2.00 bits per heavy atom. The molecule has 3 rings (SSSR count). The molecule has 0 aliphatic carbocycles. The molecule has 2 amide bonds. The third-order valence-corrected chi connectivity index (χ3v) is 4.82. The van der Waals surface area contributed by atoms with Crippen molar-refractivity contribution in [2.75, 3.05) is 16.8 Å². The molecule has 0 saturated carbocycles. The molecular weight excluding hydrogens is 355 g/mol. The highest BCUT2D eigenvalue weighted by Crippen LogP contribution is 2.32. The van der Waals surface area contributed by atoms with E-state index in [1.165, 1.54) is 18.2 Å². The van der Waals surface area contributed by atoms with Crippen molar-refractivity contribution >= 4 is 34.8 Å². The van der Waals surface area contributed by atoms with E-state index in [9.17, 15) is 14.0 Å². The number of carbonyl (C=O) groups excluding carboxylic acids is 2. The van der Waals surface area contributed by atoms with Crippen LogP contribution in [0.1, 0.15) is 31.7 Å². The summed E-state index contributed by atoms with van der Waals surface area (Å²) in [6.07, 6.45) is 0.146. The van der Waals surface area contributed by atoms with E-state index >= 15 is 0 Å². The molecule has 1 heterocycles. The average molecular weight is 375 g/mol. The maximum absolute atomic E-state index is 13.2. The molecule has 1 saturated heterocycles. The first-order chi connectivity index (χ1) is 12.4. The van der Waals surface area contributed by atoms with Crippen LogP contribution < -0.4 is 10.2 Å². The van der Waals surface area contributed by atoms with Crippen LogP contribution in [-0.2, 0) is 9.59 Å². The number of amides is 2. The number of carbonyl (C=O) groups is 2. The molecule has 2 aromatic rings. The summed E-state index contributed by atoms with van der Waals surface area (Å²) in [6.45, 7) is 4.47. The Labute approximate surface area is 157 Å². The summed E-state index contributed by atoms with van der Waals surface area (Å²) < 4.78 is 13.2. The first-order valence-corrected chi connectivity index (χ1v) is 8.90. The fourth-order valence-electron chi connectivity index (χ4n) is 3.16. The molecular formula is C20H20ClFN2O2. The second kappa shape index (κ2) is 7.46. The minimum absolute atomic E-state index is 0.0576. The summed E-state index contributed by atoms with van der Waals surface area (Å²) in [5.74, 6) is -1.09. The standard InChI is InChI=1S/C20H20ClFN2O2/c1-12(2)15-5-3-4-6-18(15)24-11-13(9-19(24)25)20(26)23-14-7-8-17(22)16(21)10-14/h3-8,10,12-13H,9,11H2,1-2H3,(H,23,26). The fraction of sp³-hybridized carbons (Fsp3) is 0.300. The third-order valence-electron chi connectivity index (χ3n) is 4.53. The molecule has 2 aromatic carbocycles. The van der Waals surface area contributed by atoms with Crippen molar-refractivity contribution in [3.05, 3.63) is 58.9 Å². The molecule has 1 N–H and O–H groups in total. The fourth-order valence-corrected chi connectivity index (χ4v) is 3.34. The zero-order valence-corrected chi connectivity index (χ0v) is 15.4. The lowest BCUT2D eigenvalue weighted by Gasteiger charge is -2.22. The van der Waals surface area contributed by atoms with E-state index in [-0.39, 0.29) is 29.2 Å². The summed E-state index contributed by atoms with van der Waals surface area (Å²) in [4.78, 5) is 26.7. The molecule has 0 spiro atoms. The monoisotopic (exact) mass is 374 g/mol. The molecule has 6 heteroatoms. The number of hydrogen-bond acceptors (Lipinski definition) is 2. The second-order valence-electron chi connectivity index (χ2n) is 6.74. The smallest absolute Gasteiger partial charge is 0.229 e. The van der Waals surface area contributed by atoms with Gasteiger partial charge in [0.1, 0.15) is 5.82 Å². The molecule has 0 aromatic heterocycles. The number of halogens is 2. The molecule has 136 valence electrons. The van der Waals surface area contributed by atoms with Crippen molar-refractivity contribution in [3.8, 4) is 0 Å². The first kappa shape index (κ1) is 18.4. The van der Waals surface area contributed by atoms with Gasteiger partial charge >= 0.3 is 0 Å². The van der Waals surface area contributed by atoms with Gasteiger partial charge in [0.05, 0.1) is 10.9 Å². The summed E-state index contributed by atoms with van der Waals surface area (Å²) in [5.41, 5.74) is 2.34. The number of para-hydroxylation sites is 1. The predicted molar refractivity (Wildman–Crippen MR) is 101 cm³/mol. The molecule has 1 fully saturated rings. The Bertz CT molecular complexity index is 853. The van der Waals surface area contributed by atoms with E-state index < -0.39 is 11.7 Å². The van der Waals surface area contributed by atoms with E-state index in [2.05, 4.69) is 19.2 Å². The number of rotatable bonds is 4. The molecule has 1 aliphatic heterocycles. The predicted octanol–water partition coefficient (Wildman–Crippen LogP) is 4.59. The Morgan fingerprint density at radius 3 is 2.69 bits per heavy atom. The molecule has 26 heavy (non-hydrogen) atoms. The zero-order chi connectivity index (χ0) is 18.8. The summed E-state index contributed by atoms with van der Waals surface area (Å²) in [5, 5.41) is 2.66. The van der Waals surface area contributed by atoms with Crippen LogP contribution in [0, 0.1) is 11.7 Å². The van der Waals surface area contributed by atoms with Gasteiger partial charge in [-0.1, -0.05) is 43.6 Å². The van der Waals surface area contributed by atoms with Crippen molar-refractivity contribution in [1.82, 2.24) is 0 Å². The van der Waals surface area contributed by atoms with E-state index in [0.29, 0.717) is 12.2 Å². The van der Waals surface area contributed by atoms with Crippen molar-refractivity contribution in [2.24, 2.45) is 5.92 Å². The summed E-state index contributed by atoms with van der Waals surface area (Å²) >= 11 is 5.74. The van der Waals surface area contributed by atoms with Gasteiger partial charge in [-0.25, -0.2) is 4.39 Å². The highest BCUT2D eigenvalue weighted by molar-refractivity contribution is 6.31. The SMILES string of the molecule is CC(C)c1ccccc1N1CC(C(=O)Nc2ccc(F)c(Cl)c2)CC1=O. The van der Waals surface area contributed by atoms with E-state index in [0.717, 1.165) is 11.3 Å². The lowest BCUT2D eigenvalue weighted by Crippen LogP contribution is -2.29. The van der Waals surface area contributed by atoms with E-state index in [1.54, 1.807) is 4.90 Å². The average Bonchev–Trinajstić information content (AvgIpc) is 3.00. The van der Waals surface area contributed by atoms with Crippen molar-refractivity contribution < 1.29 is 14.0 Å². The highest BCUT2D eigenvalue weighted by Gasteiger charge is 2.36.